The van der Waals surface area contributed by atoms with E-state index in [2.05, 4.69) is 0 Å². The number of furan rings is 4. The molecule has 0 aliphatic carbocycles. The van der Waals surface area contributed by atoms with Gasteiger partial charge in [-0.3, -0.25) is 29.7 Å². The molecule has 0 spiro atoms. The second-order valence-corrected chi connectivity index (χ2v) is 23.5. The Balaban J connectivity index is 0.000000221. The van der Waals surface area contributed by atoms with Crippen molar-refractivity contribution in [2.45, 2.75) is 66.4 Å². The van der Waals surface area contributed by atoms with Gasteiger partial charge in [0.25, 0.3) is 0 Å². The molecule has 4 amide bonds. The van der Waals surface area contributed by atoms with E-state index < -0.39 is 58.8 Å². The van der Waals surface area contributed by atoms with E-state index in [4.69, 9.17) is 107 Å². The minimum Gasteiger partial charge on any atom is -0.475 e. The van der Waals surface area contributed by atoms with Gasteiger partial charge in [-0.15, -0.1) is 0 Å². The highest BCUT2D eigenvalue weighted by Gasteiger charge is 2.34. The number of amides is 4. The van der Waals surface area contributed by atoms with E-state index in [1.165, 1.54) is 27.9 Å². The van der Waals surface area contributed by atoms with Crippen LogP contribution in [0.1, 0.15) is 98.8 Å². The van der Waals surface area contributed by atoms with Gasteiger partial charge in [0.2, 0.25) is 17.3 Å². The van der Waals surface area contributed by atoms with E-state index in [1.807, 2.05) is 0 Å². The number of aliphatic hydroxyl groups is 1. The van der Waals surface area contributed by atoms with Crippen molar-refractivity contribution in [3.05, 3.63) is 156 Å². The van der Waals surface area contributed by atoms with Crippen molar-refractivity contribution in [3.63, 3.8) is 0 Å². The molecule has 5 aromatic carbocycles. The number of hydrogen-bond donors (Lipinski definition) is 2. The molecule has 1 unspecified atom stereocenters. The van der Waals surface area contributed by atoms with E-state index >= 15 is 0 Å². The zero-order valence-electron chi connectivity index (χ0n) is 58.4. The Morgan fingerprint density at radius 2 is 0.856 bits per heavy atom. The number of rotatable bonds is 30. The summed E-state index contributed by atoms with van der Waals surface area (Å²) in [6, 6.07) is 22.7. The van der Waals surface area contributed by atoms with Gasteiger partial charge >= 0.3 is 42.0 Å². The van der Waals surface area contributed by atoms with Gasteiger partial charge in [-0.1, -0.05) is 52.5 Å². The predicted octanol–water partition coefficient (Wildman–Crippen LogP) is 17.3. The highest BCUT2D eigenvalue weighted by Crippen LogP contribution is 2.43. The summed E-state index contributed by atoms with van der Waals surface area (Å²) in [5, 5.41) is 35.7. The summed E-state index contributed by atoms with van der Waals surface area (Å²) < 4.78 is 82.0. The third kappa shape index (κ3) is 22.1. The number of esters is 1. The van der Waals surface area contributed by atoms with Crippen molar-refractivity contribution < 1.29 is 109 Å². The molecular formula is C71H80Cl4FN5O23. The van der Waals surface area contributed by atoms with Crippen LogP contribution >= 0.6 is 46.4 Å². The molecule has 0 saturated heterocycles. The summed E-state index contributed by atoms with van der Waals surface area (Å²) in [7, 11) is 6.27. The molecular weight excluding hydrogens is 1450 g/mol. The molecule has 4 heterocycles. The van der Waals surface area contributed by atoms with Crippen LogP contribution in [-0.4, -0.2) is 166 Å². The van der Waals surface area contributed by atoms with E-state index in [1.54, 1.807) is 140 Å². The normalized spacial score (nSPS) is 11.2. The molecule has 0 saturated carbocycles. The molecule has 28 nitrogen and oxygen atoms in total. The molecule has 0 radical (unpaired) electrons. The number of nitrogens with zero attached hydrogens (tertiary/aromatic N) is 5. The van der Waals surface area contributed by atoms with Gasteiger partial charge in [-0.05, 0) is 145 Å². The highest BCUT2D eigenvalue weighted by molar-refractivity contribution is 6.33. The van der Waals surface area contributed by atoms with Crippen LogP contribution in [0.25, 0.3) is 43.9 Å². The standard InChI is InChI=1S/C22H22ClFN2O7.C18H22ClNO6.C16H18ClNO6.C15H18ClNO4/c1-3-32-22(28)25(9-4-10-31-2)19-15-12-14(23)6-8-18(15)33-21(19)20(27)13-5-7-16(24)17(11-13)26(29)30;1-4-24-17(21)16-15(13-11-12(19)7-8-14(13)26-16)20(9-6-10-23-3)18(22)25-5-2;1-3-23-16(21)18(7-4-8-22-2)13-11-9-10(17)5-6-12(11)24-14(13)15(19)20;1-3-20-15(18)17(7-4-8-19-2)13-10-21-14-6-5-11(16)9-12(13)14/h5-8,11-12,20,27H,3-4,9-10H2,1-2H3;7-8,11H,4-6,9-10H2,1-3H3;5-6,9H,3-4,7-8H2,1-2H3,(H,19,20);5-6,9-10H,3-4,7-8H2,1-2H3. The fourth-order valence-electron chi connectivity index (χ4n) is 10.3. The number of carboxylic acid groups (broad SMARTS) is 1. The third-order valence-electron chi connectivity index (χ3n) is 14.8. The number of nitro benzene ring substituents is 1. The summed E-state index contributed by atoms with van der Waals surface area (Å²) in [5.74, 6) is -3.44. The molecule has 0 fully saturated rings. The second-order valence-electron chi connectivity index (χ2n) is 21.7. The third-order valence-corrected chi connectivity index (χ3v) is 15.7. The lowest BCUT2D eigenvalue weighted by molar-refractivity contribution is -0.387. The Labute approximate surface area is 616 Å². The van der Waals surface area contributed by atoms with Gasteiger partial charge in [0, 0.05) is 129 Å². The number of aliphatic hydroxyl groups excluding tert-OH is 1. The zero-order chi connectivity index (χ0) is 76.2. The lowest BCUT2D eigenvalue weighted by Crippen LogP contribution is -2.34. The number of aromatic carboxylic acids is 1. The van der Waals surface area contributed by atoms with Crippen LogP contribution in [0.3, 0.4) is 0 Å². The number of fused-ring (bicyclic) bond motifs is 4. The highest BCUT2D eigenvalue weighted by atomic mass is 35.5. The maximum Gasteiger partial charge on any atom is 0.414 e. The number of carbonyl (C=O) groups is 6. The van der Waals surface area contributed by atoms with Crippen LogP contribution in [0.2, 0.25) is 20.1 Å². The summed E-state index contributed by atoms with van der Waals surface area (Å²) in [6.45, 7) is 12.4. The minimum atomic E-state index is -1.55. The summed E-state index contributed by atoms with van der Waals surface area (Å²) >= 11 is 24.3. The zero-order valence-corrected chi connectivity index (χ0v) is 61.5. The molecule has 9 aromatic rings. The van der Waals surface area contributed by atoms with Crippen molar-refractivity contribution in [3.8, 4) is 0 Å². The van der Waals surface area contributed by atoms with Gasteiger partial charge in [0.1, 0.15) is 46.1 Å². The molecule has 562 valence electrons. The first-order chi connectivity index (χ1) is 50.0. The largest absolute Gasteiger partial charge is 0.475 e. The maximum atomic E-state index is 13.8. The number of methoxy groups -OCH3 is 4. The lowest BCUT2D eigenvalue weighted by Gasteiger charge is -2.23. The molecule has 33 heteroatoms. The summed E-state index contributed by atoms with van der Waals surface area (Å²) in [5.41, 5.74) is 2.23. The first-order valence-corrected chi connectivity index (χ1v) is 34.1. The lowest BCUT2D eigenvalue weighted by atomic mass is 10.0. The molecule has 9 rings (SSSR count). The van der Waals surface area contributed by atoms with Gasteiger partial charge in [0.15, 0.2) is 5.76 Å². The Bertz CT molecular complexity index is 4370. The second kappa shape index (κ2) is 41.8. The van der Waals surface area contributed by atoms with Crippen molar-refractivity contribution >= 4 is 155 Å². The number of carbonyl (C=O) groups excluding carboxylic acids is 5. The number of anilines is 4. The molecule has 104 heavy (non-hydrogen) atoms. The molecule has 2 N–H and O–H groups in total. The van der Waals surface area contributed by atoms with Crippen molar-refractivity contribution in [1.82, 2.24) is 0 Å². The average molecular weight is 1530 g/mol. The van der Waals surface area contributed by atoms with E-state index in [-0.39, 0.29) is 86.0 Å². The molecule has 0 aliphatic heterocycles. The quantitative estimate of drug-likeness (QED) is 0.0139. The van der Waals surface area contributed by atoms with E-state index in [0.29, 0.717) is 130 Å². The molecule has 0 bridgehead atoms. The smallest absolute Gasteiger partial charge is 0.414 e. The number of ether oxygens (including phenoxy) is 9. The van der Waals surface area contributed by atoms with Crippen LogP contribution < -0.4 is 19.6 Å². The summed E-state index contributed by atoms with van der Waals surface area (Å²) in [4.78, 5) is 89.5. The Morgan fingerprint density at radius 1 is 0.490 bits per heavy atom. The van der Waals surface area contributed by atoms with Crippen LogP contribution in [0.15, 0.2) is 115 Å². The number of carboxylic acids is 1. The average Bonchev–Trinajstić information content (AvgIpc) is 1.61. The van der Waals surface area contributed by atoms with Crippen LogP contribution in [0.5, 0.6) is 0 Å². The Morgan fingerprint density at radius 3 is 1.27 bits per heavy atom. The number of benzene rings is 5. The predicted molar refractivity (Wildman–Crippen MR) is 388 cm³/mol. The minimum absolute atomic E-state index is 0.00945. The van der Waals surface area contributed by atoms with Gasteiger partial charge in [-0.2, -0.15) is 4.39 Å². The first kappa shape index (κ1) is 83.5. The van der Waals surface area contributed by atoms with Crippen LogP contribution in [-0.2, 0) is 42.6 Å². The van der Waals surface area contributed by atoms with Crippen LogP contribution in [0, 0.1) is 15.9 Å². The Hall–Kier alpha value is -9.43. The van der Waals surface area contributed by atoms with Gasteiger partial charge in [-0.25, -0.2) is 28.8 Å². The Kier molecular flexibility index (Phi) is 33.5. The number of halogens is 5. The number of hydrogen-bond acceptors (Lipinski definition) is 22. The fraction of sp³-hybridized carbons (Fsp3) is 0.380. The molecule has 0 aliphatic rings. The monoisotopic (exact) mass is 1530 g/mol. The van der Waals surface area contributed by atoms with Crippen LogP contribution in [0.4, 0.5) is 52.0 Å². The van der Waals surface area contributed by atoms with E-state index in [0.717, 1.165) is 17.5 Å². The topological polar surface area (TPSA) is 335 Å². The van der Waals surface area contributed by atoms with Gasteiger partial charge < -0.3 is 70.5 Å². The van der Waals surface area contributed by atoms with E-state index in [9.17, 15) is 53.5 Å². The SMILES string of the molecule is CCOC(=O)N(CCCOC)c1c(C(=O)O)oc2ccc(Cl)cc12.CCOC(=O)N(CCCOC)c1c(C(O)c2ccc(F)c([N+](=O)[O-])c2)oc2ccc(Cl)cc12.CCOC(=O)N(CCCOC)c1coc2ccc(Cl)cc12.CCOC(=O)c1oc2ccc(Cl)cc2c1N(CCCOC)C(=O)OCC. The molecule has 4 aromatic heterocycles. The van der Waals surface area contributed by atoms with Gasteiger partial charge in [0.05, 0.1) is 49.3 Å². The number of nitro groups is 1. The van der Waals surface area contributed by atoms with Crippen molar-refractivity contribution in [2.75, 3.05) is 134 Å². The van der Waals surface area contributed by atoms with Crippen molar-refractivity contribution in [2.24, 2.45) is 0 Å². The molecule has 1 atom stereocenters. The van der Waals surface area contributed by atoms with Crippen molar-refractivity contribution in [1.29, 1.82) is 0 Å². The first-order valence-electron chi connectivity index (χ1n) is 32.6. The maximum absolute atomic E-state index is 13.8. The fourth-order valence-corrected chi connectivity index (χ4v) is 11.0. The summed E-state index contributed by atoms with van der Waals surface area (Å²) in [6.07, 6.45) is -0.147.